The van der Waals surface area contributed by atoms with Crippen LogP contribution in [-0.2, 0) is 4.79 Å². The Morgan fingerprint density at radius 1 is 1.03 bits per heavy atom. The number of aromatic nitrogens is 4. The summed E-state index contributed by atoms with van der Waals surface area (Å²) in [6.45, 7) is 2.96. The molecule has 2 aliphatic rings. The van der Waals surface area contributed by atoms with E-state index in [2.05, 4.69) is 20.1 Å². The van der Waals surface area contributed by atoms with Crippen LogP contribution in [0.1, 0.15) is 21.7 Å². The van der Waals surface area contributed by atoms with Crippen LogP contribution in [0.2, 0.25) is 0 Å². The van der Waals surface area contributed by atoms with Crippen LogP contribution in [-0.4, -0.2) is 80.9 Å². The van der Waals surface area contributed by atoms with Crippen LogP contribution in [0.3, 0.4) is 0 Å². The summed E-state index contributed by atoms with van der Waals surface area (Å²) in [5.41, 5.74) is 1.49. The highest BCUT2D eigenvalue weighted by Crippen LogP contribution is 2.42. The topological polar surface area (TPSA) is 129 Å². The number of rotatable bonds is 4. The summed E-state index contributed by atoms with van der Waals surface area (Å²) in [5, 5.41) is 17.5. The summed E-state index contributed by atoms with van der Waals surface area (Å²) in [7, 11) is 1.46. The van der Waals surface area contributed by atoms with Crippen molar-refractivity contribution in [2.24, 2.45) is 4.99 Å². The molecule has 0 bridgehead atoms. The molecule has 1 aromatic carbocycles. The molecule has 0 saturated carbocycles. The van der Waals surface area contributed by atoms with Crippen molar-refractivity contribution in [2.75, 3.05) is 33.3 Å². The molecular formula is C24H22N7O4-. The average Bonchev–Trinajstić information content (AvgIpc) is 3.54. The number of amides is 2. The lowest BCUT2D eigenvalue weighted by Crippen LogP contribution is -2.51. The number of aryl methyl sites for hydroxylation is 1. The summed E-state index contributed by atoms with van der Waals surface area (Å²) < 4.78 is 6.87. The van der Waals surface area contributed by atoms with Crippen LogP contribution in [0.4, 0.5) is 5.69 Å². The Hall–Kier alpha value is -4.54. The Kier molecular flexibility index (Phi) is 5.73. The van der Waals surface area contributed by atoms with Crippen LogP contribution < -0.4 is 9.84 Å². The molecule has 0 N–H and O–H groups in total. The average molecular weight is 472 g/mol. The van der Waals surface area contributed by atoms with E-state index in [1.807, 2.05) is 18.2 Å². The standard InChI is InChI=1S/C24H23N7O4/c1-15-27-14-31(28-15)22-20-19(18(35-2)13-26-22)17(12-25-20)21(32)24(34)30-10-8-29(9-11-30)23(33)16-6-4-3-5-7-16/h3-7,12-14,32H,8-11H2,1-2H3/p-1. The molecule has 11 heteroatoms. The molecule has 0 unspecified atom stereocenters. The third-order valence-electron chi connectivity index (χ3n) is 5.95. The first kappa shape index (κ1) is 22.3. The molecule has 2 aliphatic heterocycles. The molecule has 0 spiro atoms. The van der Waals surface area contributed by atoms with Gasteiger partial charge in [0.25, 0.3) is 5.91 Å². The van der Waals surface area contributed by atoms with Gasteiger partial charge in [0, 0.05) is 43.5 Å². The Bertz CT molecular complexity index is 1360. The van der Waals surface area contributed by atoms with Crippen molar-refractivity contribution < 1.29 is 19.4 Å². The van der Waals surface area contributed by atoms with Crippen molar-refractivity contribution in [1.82, 2.24) is 29.5 Å². The van der Waals surface area contributed by atoms with Gasteiger partial charge in [0.05, 0.1) is 18.9 Å². The van der Waals surface area contributed by atoms with Gasteiger partial charge in [-0.1, -0.05) is 18.2 Å². The first-order chi connectivity index (χ1) is 17.0. The molecule has 2 amide bonds. The third-order valence-corrected chi connectivity index (χ3v) is 5.95. The molecule has 11 nitrogen and oxygen atoms in total. The molecule has 1 saturated heterocycles. The summed E-state index contributed by atoms with van der Waals surface area (Å²) in [5.74, 6) is -0.181. The van der Waals surface area contributed by atoms with E-state index in [1.54, 1.807) is 24.0 Å². The smallest absolute Gasteiger partial charge is 0.253 e. The number of ether oxygens (including phenoxy) is 1. The fourth-order valence-corrected chi connectivity index (χ4v) is 4.13. The van der Waals surface area contributed by atoms with E-state index in [0.717, 1.165) is 0 Å². The minimum absolute atomic E-state index is 0.0941. The monoisotopic (exact) mass is 472 g/mol. The Balaban J connectivity index is 1.38. The number of piperazine rings is 1. The Labute approximate surface area is 201 Å². The number of fused-ring (bicyclic) bond motifs is 1. The fraction of sp³-hybridized carbons (Fsp3) is 0.250. The lowest BCUT2D eigenvalue weighted by atomic mass is 10.1. The zero-order valence-corrected chi connectivity index (χ0v) is 19.2. The molecule has 0 atom stereocenters. The van der Waals surface area contributed by atoms with Gasteiger partial charge in [-0.15, -0.1) is 0 Å². The number of allylic oxidation sites excluding steroid dienone is 1. The van der Waals surface area contributed by atoms with Gasteiger partial charge in [0.2, 0.25) is 5.91 Å². The number of aliphatic imine (C=N–C) groups is 1. The maximum absolute atomic E-state index is 13.3. The van der Waals surface area contributed by atoms with Gasteiger partial charge >= 0.3 is 0 Å². The number of hydrogen-bond acceptors (Lipinski definition) is 8. The van der Waals surface area contributed by atoms with Crippen molar-refractivity contribution in [3.05, 3.63) is 65.6 Å². The minimum Gasteiger partial charge on any atom is -0.868 e. The molecule has 2 aromatic heterocycles. The SMILES string of the molecule is COc1cnc(-n2cnc(C)n2)c2c1C(=C([O-])C(=O)N1CCN(C(=O)c3ccccc3)CC1)C=N2. The lowest BCUT2D eigenvalue weighted by molar-refractivity contribution is -0.299. The van der Waals surface area contributed by atoms with Crippen molar-refractivity contribution in [2.45, 2.75) is 6.92 Å². The molecule has 3 aromatic rings. The van der Waals surface area contributed by atoms with E-state index in [1.165, 1.54) is 35.4 Å². The second-order valence-electron chi connectivity index (χ2n) is 8.06. The summed E-state index contributed by atoms with van der Waals surface area (Å²) >= 11 is 0. The van der Waals surface area contributed by atoms with E-state index in [0.29, 0.717) is 47.3 Å². The van der Waals surface area contributed by atoms with Gasteiger partial charge in [0.1, 0.15) is 23.6 Å². The molecule has 4 heterocycles. The van der Waals surface area contributed by atoms with Crippen LogP contribution >= 0.6 is 0 Å². The second kappa shape index (κ2) is 9.01. The largest absolute Gasteiger partial charge is 0.868 e. The van der Waals surface area contributed by atoms with Crippen molar-refractivity contribution in [3.63, 3.8) is 0 Å². The lowest BCUT2D eigenvalue weighted by Gasteiger charge is -2.36. The number of carbonyl (C=O) groups excluding carboxylic acids is 2. The molecule has 1 fully saturated rings. The van der Waals surface area contributed by atoms with E-state index >= 15 is 0 Å². The normalized spacial score (nSPS) is 16.3. The number of hydrogen-bond donors (Lipinski definition) is 0. The zero-order valence-electron chi connectivity index (χ0n) is 19.2. The van der Waals surface area contributed by atoms with Gasteiger partial charge in [0.15, 0.2) is 5.82 Å². The van der Waals surface area contributed by atoms with Gasteiger partial charge in [-0.3, -0.25) is 14.6 Å². The summed E-state index contributed by atoms with van der Waals surface area (Å²) in [4.78, 5) is 41.7. The number of benzene rings is 1. The molecule has 5 rings (SSSR count). The Morgan fingerprint density at radius 2 is 1.74 bits per heavy atom. The van der Waals surface area contributed by atoms with Crippen LogP contribution in [0.25, 0.3) is 11.4 Å². The Morgan fingerprint density at radius 3 is 2.40 bits per heavy atom. The molecule has 0 aliphatic carbocycles. The number of nitrogens with zero attached hydrogens (tertiary/aromatic N) is 7. The van der Waals surface area contributed by atoms with Crippen LogP contribution in [0.15, 0.2) is 53.6 Å². The van der Waals surface area contributed by atoms with Crippen molar-refractivity contribution in [1.29, 1.82) is 0 Å². The van der Waals surface area contributed by atoms with Crippen LogP contribution in [0.5, 0.6) is 5.75 Å². The second-order valence-corrected chi connectivity index (χ2v) is 8.06. The van der Waals surface area contributed by atoms with Gasteiger partial charge < -0.3 is 19.6 Å². The van der Waals surface area contributed by atoms with E-state index < -0.39 is 11.7 Å². The molecule has 35 heavy (non-hydrogen) atoms. The fourth-order valence-electron chi connectivity index (χ4n) is 4.13. The predicted octanol–water partition coefficient (Wildman–Crippen LogP) is 0.751. The minimum atomic E-state index is -0.694. The predicted molar refractivity (Wildman–Crippen MR) is 124 cm³/mol. The van der Waals surface area contributed by atoms with Gasteiger partial charge in [-0.05, 0) is 24.8 Å². The zero-order chi connectivity index (χ0) is 24.5. The van der Waals surface area contributed by atoms with E-state index in [9.17, 15) is 14.7 Å². The molecule has 0 radical (unpaired) electrons. The van der Waals surface area contributed by atoms with Crippen molar-refractivity contribution in [3.8, 4) is 11.6 Å². The maximum atomic E-state index is 13.3. The van der Waals surface area contributed by atoms with Gasteiger partial charge in [-0.2, -0.15) is 5.10 Å². The molecule has 178 valence electrons. The quantitative estimate of drug-likeness (QED) is 0.405. The first-order valence-electron chi connectivity index (χ1n) is 11.0. The van der Waals surface area contributed by atoms with Crippen molar-refractivity contribution >= 4 is 29.3 Å². The third kappa shape index (κ3) is 4.01. The molecular weight excluding hydrogens is 450 g/mol. The maximum Gasteiger partial charge on any atom is 0.253 e. The highest BCUT2D eigenvalue weighted by molar-refractivity contribution is 6.23. The van der Waals surface area contributed by atoms with Gasteiger partial charge in [-0.25, -0.2) is 14.6 Å². The summed E-state index contributed by atoms with van der Waals surface area (Å²) in [6.07, 6.45) is 4.32. The van der Waals surface area contributed by atoms with E-state index in [4.69, 9.17) is 4.74 Å². The number of pyridine rings is 1. The highest BCUT2D eigenvalue weighted by atomic mass is 16.5. The van der Waals surface area contributed by atoms with E-state index in [-0.39, 0.29) is 24.6 Å². The number of carbonyl (C=O) groups is 2. The highest BCUT2D eigenvalue weighted by Gasteiger charge is 2.29. The van der Waals surface area contributed by atoms with Crippen LogP contribution in [0, 0.1) is 6.92 Å². The summed E-state index contributed by atoms with van der Waals surface area (Å²) in [6, 6.07) is 8.98. The number of methoxy groups -OCH3 is 1. The first-order valence-corrected chi connectivity index (χ1v) is 11.0.